The van der Waals surface area contributed by atoms with Gasteiger partial charge in [0.05, 0.1) is 5.92 Å². The van der Waals surface area contributed by atoms with Crippen molar-refractivity contribution in [3.05, 3.63) is 0 Å². The quantitative estimate of drug-likeness (QED) is 0.735. The van der Waals surface area contributed by atoms with Crippen LogP contribution in [0.3, 0.4) is 0 Å². The van der Waals surface area contributed by atoms with Crippen LogP contribution in [0.1, 0.15) is 51.4 Å². The Morgan fingerprint density at radius 1 is 1.16 bits per heavy atom. The van der Waals surface area contributed by atoms with Crippen molar-refractivity contribution in [3.63, 3.8) is 0 Å². The number of amides is 1. The summed E-state index contributed by atoms with van der Waals surface area (Å²) in [6, 6.07) is -0.740. The predicted octanol–water partition coefficient (Wildman–Crippen LogP) is 2.74. The zero-order valence-electron chi connectivity index (χ0n) is 11.1. The number of alkyl halides is 3. The molecule has 1 amide bonds. The molecule has 2 unspecified atom stereocenters. The van der Waals surface area contributed by atoms with Crippen LogP contribution in [-0.4, -0.2) is 24.7 Å². The Labute approximate surface area is 112 Å². The van der Waals surface area contributed by atoms with Crippen LogP contribution in [0.4, 0.5) is 13.2 Å². The molecule has 1 rings (SSSR count). The van der Waals surface area contributed by atoms with Gasteiger partial charge in [0.2, 0.25) is 5.91 Å². The zero-order valence-corrected chi connectivity index (χ0v) is 11.1. The number of rotatable bonds is 6. The Bertz CT molecular complexity index is 282. The van der Waals surface area contributed by atoms with Gasteiger partial charge in [0.1, 0.15) is 0 Å². The number of hydrogen-bond acceptors (Lipinski definition) is 2. The average molecular weight is 280 g/mol. The summed E-state index contributed by atoms with van der Waals surface area (Å²) in [5, 5.41) is 2.56. The van der Waals surface area contributed by atoms with Crippen molar-refractivity contribution in [2.75, 3.05) is 6.54 Å². The van der Waals surface area contributed by atoms with Gasteiger partial charge in [-0.1, -0.05) is 19.3 Å². The molecule has 6 heteroatoms. The second-order valence-electron chi connectivity index (χ2n) is 5.21. The van der Waals surface area contributed by atoms with E-state index in [-0.39, 0.29) is 12.3 Å². The maximum atomic E-state index is 12.8. The Hall–Kier alpha value is -0.780. The van der Waals surface area contributed by atoms with Crippen molar-refractivity contribution < 1.29 is 18.0 Å². The van der Waals surface area contributed by atoms with Crippen molar-refractivity contribution in [3.8, 4) is 0 Å². The summed E-state index contributed by atoms with van der Waals surface area (Å²) in [5.41, 5.74) is 5.34. The molecule has 112 valence electrons. The molecule has 1 fully saturated rings. The van der Waals surface area contributed by atoms with Crippen LogP contribution in [0.2, 0.25) is 0 Å². The molecule has 1 aliphatic carbocycles. The highest BCUT2D eigenvalue weighted by molar-refractivity contribution is 5.76. The molecule has 0 bridgehead atoms. The maximum absolute atomic E-state index is 12.8. The van der Waals surface area contributed by atoms with Gasteiger partial charge in [0, 0.05) is 12.5 Å². The van der Waals surface area contributed by atoms with Crippen LogP contribution >= 0.6 is 0 Å². The number of carbonyl (C=O) groups is 1. The smallest absolute Gasteiger partial charge is 0.353 e. The van der Waals surface area contributed by atoms with Crippen molar-refractivity contribution >= 4 is 5.91 Å². The van der Waals surface area contributed by atoms with Gasteiger partial charge in [-0.25, -0.2) is 0 Å². The highest BCUT2D eigenvalue weighted by Gasteiger charge is 2.45. The summed E-state index contributed by atoms with van der Waals surface area (Å²) in [6.45, 7) is 0.584. The van der Waals surface area contributed by atoms with E-state index in [0.717, 1.165) is 19.3 Å². The molecular formula is C13H23F3N2O. The third-order valence-electron chi connectivity index (χ3n) is 3.64. The molecule has 0 aromatic carbocycles. The normalized spacial score (nSPS) is 24.2. The van der Waals surface area contributed by atoms with E-state index in [1.807, 2.05) is 0 Å². The predicted molar refractivity (Wildman–Crippen MR) is 67.5 cm³/mol. The van der Waals surface area contributed by atoms with Crippen molar-refractivity contribution in [1.82, 2.24) is 5.32 Å². The summed E-state index contributed by atoms with van der Waals surface area (Å²) in [5.74, 6) is -1.65. The number of nitrogens with one attached hydrogen (secondary N) is 1. The van der Waals surface area contributed by atoms with Crippen LogP contribution in [0.25, 0.3) is 0 Å². The number of hydrogen-bond donors (Lipinski definition) is 2. The van der Waals surface area contributed by atoms with Gasteiger partial charge < -0.3 is 11.1 Å². The number of nitrogens with two attached hydrogens (primary N) is 1. The minimum atomic E-state index is -4.21. The Kier molecular flexibility index (Phi) is 6.62. The van der Waals surface area contributed by atoms with Crippen LogP contribution in [-0.2, 0) is 4.79 Å². The van der Waals surface area contributed by atoms with E-state index in [4.69, 9.17) is 5.73 Å². The van der Waals surface area contributed by atoms with Gasteiger partial charge in [0.25, 0.3) is 0 Å². The van der Waals surface area contributed by atoms with E-state index in [0.29, 0.717) is 32.2 Å². The summed E-state index contributed by atoms with van der Waals surface area (Å²) in [6.07, 6.45) is 0.364. The standard InChI is InChI=1S/C13H23F3N2O/c14-13(15,16)10-6-3-4-7-11(10)18-12(19)8-2-1-5-9-17/h10-11H,1-9,17H2,(H,18,19). The Morgan fingerprint density at radius 3 is 2.47 bits per heavy atom. The lowest BCUT2D eigenvalue weighted by Crippen LogP contribution is -2.47. The lowest BCUT2D eigenvalue weighted by atomic mass is 9.84. The monoisotopic (exact) mass is 280 g/mol. The molecule has 2 atom stereocenters. The Balaban J connectivity index is 2.38. The number of unbranched alkanes of at least 4 members (excludes halogenated alkanes) is 2. The van der Waals surface area contributed by atoms with Crippen LogP contribution in [0.15, 0.2) is 0 Å². The molecule has 19 heavy (non-hydrogen) atoms. The molecule has 1 saturated carbocycles. The summed E-state index contributed by atoms with van der Waals surface area (Å²) < 4.78 is 38.5. The second kappa shape index (κ2) is 7.72. The topological polar surface area (TPSA) is 55.1 Å². The SMILES string of the molecule is NCCCCCC(=O)NC1CCCCC1C(F)(F)F. The fourth-order valence-electron chi connectivity index (χ4n) is 2.58. The van der Waals surface area contributed by atoms with E-state index in [1.165, 1.54) is 0 Å². The van der Waals surface area contributed by atoms with Crippen molar-refractivity contribution in [2.24, 2.45) is 11.7 Å². The number of carbonyl (C=O) groups excluding carboxylic acids is 1. The molecule has 0 saturated heterocycles. The van der Waals surface area contributed by atoms with Gasteiger partial charge in [0.15, 0.2) is 0 Å². The molecule has 3 nitrogen and oxygen atoms in total. The third-order valence-corrected chi connectivity index (χ3v) is 3.64. The molecule has 0 radical (unpaired) electrons. The van der Waals surface area contributed by atoms with Crippen LogP contribution < -0.4 is 11.1 Å². The maximum Gasteiger partial charge on any atom is 0.393 e. The lowest BCUT2D eigenvalue weighted by Gasteiger charge is -2.33. The fourth-order valence-corrected chi connectivity index (χ4v) is 2.58. The molecule has 1 aliphatic rings. The second-order valence-corrected chi connectivity index (χ2v) is 5.21. The summed E-state index contributed by atoms with van der Waals surface area (Å²) in [4.78, 5) is 11.6. The molecule has 0 aliphatic heterocycles. The van der Waals surface area contributed by atoms with E-state index >= 15 is 0 Å². The van der Waals surface area contributed by atoms with Crippen molar-refractivity contribution in [2.45, 2.75) is 63.6 Å². The highest BCUT2D eigenvalue weighted by Crippen LogP contribution is 2.37. The molecule has 3 N–H and O–H groups in total. The first kappa shape index (κ1) is 16.3. The number of halogens is 3. The minimum absolute atomic E-state index is 0.127. The van der Waals surface area contributed by atoms with E-state index in [9.17, 15) is 18.0 Å². The van der Waals surface area contributed by atoms with Crippen LogP contribution in [0, 0.1) is 5.92 Å². The average Bonchev–Trinajstić information content (AvgIpc) is 2.34. The van der Waals surface area contributed by atoms with E-state index < -0.39 is 18.1 Å². The Morgan fingerprint density at radius 2 is 1.84 bits per heavy atom. The van der Waals surface area contributed by atoms with E-state index in [2.05, 4.69) is 5.32 Å². The van der Waals surface area contributed by atoms with Gasteiger partial charge in [-0.2, -0.15) is 13.2 Å². The third kappa shape index (κ3) is 5.80. The minimum Gasteiger partial charge on any atom is -0.353 e. The highest BCUT2D eigenvalue weighted by atomic mass is 19.4. The summed E-state index contributed by atoms with van der Waals surface area (Å²) >= 11 is 0. The molecule has 0 aromatic heterocycles. The lowest BCUT2D eigenvalue weighted by molar-refractivity contribution is -0.189. The molecule has 0 spiro atoms. The van der Waals surface area contributed by atoms with Gasteiger partial charge in [-0.3, -0.25) is 4.79 Å². The molecule has 0 aromatic rings. The zero-order chi connectivity index (χ0) is 14.3. The van der Waals surface area contributed by atoms with Gasteiger partial charge in [-0.05, 0) is 32.2 Å². The first-order valence-corrected chi connectivity index (χ1v) is 7.01. The van der Waals surface area contributed by atoms with Gasteiger partial charge in [-0.15, -0.1) is 0 Å². The molecule has 0 heterocycles. The first-order chi connectivity index (χ1) is 8.95. The van der Waals surface area contributed by atoms with E-state index in [1.54, 1.807) is 0 Å². The largest absolute Gasteiger partial charge is 0.393 e. The fraction of sp³-hybridized carbons (Fsp3) is 0.923. The first-order valence-electron chi connectivity index (χ1n) is 7.01. The van der Waals surface area contributed by atoms with Crippen molar-refractivity contribution in [1.29, 1.82) is 0 Å². The molecular weight excluding hydrogens is 257 g/mol. The van der Waals surface area contributed by atoms with Crippen LogP contribution in [0.5, 0.6) is 0 Å². The van der Waals surface area contributed by atoms with Gasteiger partial charge >= 0.3 is 6.18 Å². The summed E-state index contributed by atoms with van der Waals surface area (Å²) in [7, 11) is 0.